The number of carbonyl (C=O) groups is 2. The van der Waals surface area contributed by atoms with Gasteiger partial charge in [0.05, 0.1) is 5.69 Å². The SMILES string of the molecule is O=C1NC(=S)N(c2ccc(Cl)cc2)C(=O)C1=Cc1ccc(Cl)o1. The van der Waals surface area contributed by atoms with E-state index in [1.54, 1.807) is 30.3 Å². The molecule has 1 aliphatic heterocycles. The van der Waals surface area contributed by atoms with Crippen molar-refractivity contribution in [2.75, 3.05) is 4.90 Å². The molecule has 1 N–H and O–H groups in total. The van der Waals surface area contributed by atoms with Crippen molar-refractivity contribution in [3.05, 3.63) is 58.0 Å². The Bertz CT molecular complexity index is 843. The highest BCUT2D eigenvalue weighted by Gasteiger charge is 2.34. The van der Waals surface area contributed by atoms with Crippen LogP contribution in [0.2, 0.25) is 10.2 Å². The van der Waals surface area contributed by atoms with Gasteiger partial charge in [0, 0.05) is 5.02 Å². The first kappa shape index (κ1) is 15.7. The van der Waals surface area contributed by atoms with Crippen LogP contribution in [0.1, 0.15) is 5.76 Å². The highest BCUT2D eigenvalue weighted by molar-refractivity contribution is 7.80. The first-order valence-corrected chi connectivity index (χ1v) is 7.54. The third-order valence-electron chi connectivity index (χ3n) is 3.07. The number of hydrogen-bond acceptors (Lipinski definition) is 4. The number of rotatable bonds is 2. The normalized spacial score (nSPS) is 16.9. The van der Waals surface area contributed by atoms with Gasteiger partial charge in [0.15, 0.2) is 10.3 Å². The van der Waals surface area contributed by atoms with E-state index in [0.29, 0.717) is 10.7 Å². The Hall–Kier alpha value is -2.15. The van der Waals surface area contributed by atoms with Gasteiger partial charge in [0.2, 0.25) is 0 Å². The van der Waals surface area contributed by atoms with Gasteiger partial charge in [-0.05, 0) is 66.3 Å². The van der Waals surface area contributed by atoms with E-state index in [2.05, 4.69) is 5.32 Å². The summed E-state index contributed by atoms with van der Waals surface area (Å²) in [6.45, 7) is 0. The minimum Gasteiger partial charge on any atom is -0.445 e. The lowest BCUT2D eigenvalue weighted by molar-refractivity contribution is -0.122. The van der Waals surface area contributed by atoms with Gasteiger partial charge in [-0.15, -0.1) is 0 Å². The summed E-state index contributed by atoms with van der Waals surface area (Å²) in [5.74, 6) is -0.872. The monoisotopic (exact) mass is 366 g/mol. The van der Waals surface area contributed by atoms with E-state index in [4.69, 9.17) is 39.8 Å². The van der Waals surface area contributed by atoms with Crippen molar-refractivity contribution >= 4 is 64.1 Å². The van der Waals surface area contributed by atoms with E-state index >= 15 is 0 Å². The van der Waals surface area contributed by atoms with E-state index in [-0.39, 0.29) is 21.7 Å². The Morgan fingerprint density at radius 1 is 1.09 bits per heavy atom. The van der Waals surface area contributed by atoms with Crippen molar-refractivity contribution in [3.8, 4) is 0 Å². The Balaban J connectivity index is 2.00. The summed E-state index contributed by atoms with van der Waals surface area (Å²) in [6, 6.07) is 9.57. The molecule has 0 aliphatic carbocycles. The number of benzene rings is 1. The predicted molar refractivity (Wildman–Crippen MR) is 91.4 cm³/mol. The standard InChI is InChI=1S/C15H8Cl2N2O3S/c16-8-1-3-9(4-2-8)19-14(21)11(13(20)18-15(19)23)7-10-5-6-12(17)22-10/h1-7H,(H,18,20,23). The molecule has 2 amide bonds. The van der Waals surface area contributed by atoms with Crippen LogP contribution >= 0.6 is 35.4 Å². The number of nitrogens with zero attached hydrogens (tertiary/aromatic N) is 1. The zero-order valence-corrected chi connectivity index (χ0v) is 13.7. The number of carbonyl (C=O) groups excluding carboxylic acids is 2. The number of hydrogen-bond donors (Lipinski definition) is 1. The Morgan fingerprint density at radius 2 is 1.78 bits per heavy atom. The second-order valence-electron chi connectivity index (χ2n) is 4.58. The van der Waals surface area contributed by atoms with Crippen molar-refractivity contribution in [2.24, 2.45) is 0 Å². The lowest BCUT2D eigenvalue weighted by Gasteiger charge is -2.28. The molecule has 0 radical (unpaired) electrons. The Kier molecular flexibility index (Phi) is 4.21. The molecule has 0 bridgehead atoms. The fourth-order valence-electron chi connectivity index (χ4n) is 2.03. The maximum atomic E-state index is 12.6. The second-order valence-corrected chi connectivity index (χ2v) is 5.77. The van der Waals surface area contributed by atoms with Gasteiger partial charge in [0.1, 0.15) is 11.3 Å². The zero-order valence-electron chi connectivity index (χ0n) is 11.4. The summed E-state index contributed by atoms with van der Waals surface area (Å²) in [4.78, 5) is 25.9. The third kappa shape index (κ3) is 3.14. The van der Waals surface area contributed by atoms with Crippen molar-refractivity contribution in [3.63, 3.8) is 0 Å². The molecule has 0 unspecified atom stereocenters. The van der Waals surface area contributed by atoms with Gasteiger partial charge in [0.25, 0.3) is 11.8 Å². The molecule has 0 spiro atoms. The first-order chi connectivity index (χ1) is 11.0. The number of halogens is 2. The quantitative estimate of drug-likeness (QED) is 0.502. The lowest BCUT2D eigenvalue weighted by atomic mass is 10.1. The Labute approximate surface area is 146 Å². The molecule has 0 saturated carbocycles. The summed E-state index contributed by atoms with van der Waals surface area (Å²) in [7, 11) is 0. The van der Waals surface area contributed by atoms with E-state index < -0.39 is 11.8 Å². The van der Waals surface area contributed by atoms with Gasteiger partial charge in [-0.1, -0.05) is 11.6 Å². The number of nitrogens with one attached hydrogen (secondary N) is 1. The van der Waals surface area contributed by atoms with Crippen LogP contribution in [-0.2, 0) is 9.59 Å². The van der Waals surface area contributed by atoms with Gasteiger partial charge >= 0.3 is 0 Å². The molecule has 1 aliphatic rings. The predicted octanol–water partition coefficient (Wildman–Crippen LogP) is 3.42. The average molecular weight is 367 g/mol. The lowest BCUT2D eigenvalue weighted by Crippen LogP contribution is -2.54. The Morgan fingerprint density at radius 3 is 2.39 bits per heavy atom. The number of amides is 2. The highest BCUT2D eigenvalue weighted by Crippen LogP contribution is 2.24. The molecule has 1 aromatic carbocycles. The summed E-state index contributed by atoms with van der Waals surface area (Å²) in [5, 5.41) is 3.15. The molecule has 1 fully saturated rings. The fraction of sp³-hybridized carbons (Fsp3) is 0. The van der Waals surface area contributed by atoms with Crippen molar-refractivity contribution < 1.29 is 14.0 Å². The molecular formula is C15H8Cl2N2O3S. The summed E-state index contributed by atoms with van der Waals surface area (Å²) in [5.41, 5.74) is 0.382. The topological polar surface area (TPSA) is 62.6 Å². The number of thiocarbonyl (C=S) groups is 1. The van der Waals surface area contributed by atoms with E-state index in [9.17, 15) is 9.59 Å². The first-order valence-electron chi connectivity index (χ1n) is 6.38. The number of anilines is 1. The van der Waals surface area contributed by atoms with Gasteiger partial charge < -0.3 is 4.42 Å². The fourth-order valence-corrected chi connectivity index (χ4v) is 2.59. The molecule has 2 aromatic rings. The van der Waals surface area contributed by atoms with Crippen LogP contribution in [0.4, 0.5) is 5.69 Å². The molecule has 23 heavy (non-hydrogen) atoms. The summed E-state index contributed by atoms with van der Waals surface area (Å²) in [6.07, 6.45) is 1.31. The van der Waals surface area contributed by atoms with Crippen LogP contribution in [0.5, 0.6) is 0 Å². The van der Waals surface area contributed by atoms with Crippen molar-refractivity contribution in [1.29, 1.82) is 0 Å². The molecule has 1 aromatic heterocycles. The van der Waals surface area contributed by atoms with Crippen LogP contribution in [0.3, 0.4) is 0 Å². The van der Waals surface area contributed by atoms with Crippen LogP contribution in [0.15, 0.2) is 46.4 Å². The zero-order chi connectivity index (χ0) is 16.6. The smallest absolute Gasteiger partial charge is 0.270 e. The number of furan rings is 1. The van der Waals surface area contributed by atoms with Crippen LogP contribution < -0.4 is 10.2 Å². The third-order valence-corrected chi connectivity index (χ3v) is 3.81. The minimum absolute atomic E-state index is 0.00282. The van der Waals surface area contributed by atoms with E-state index in [1.165, 1.54) is 17.0 Å². The molecule has 0 atom stereocenters. The summed E-state index contributed by atoms with van der Waals surface area (Å²) >= 11 is 16.6. The van der Waals surface area contributed by atoms with Crippen LogP contribution in [0.25, 0.3) is 6.08 Å². The molecule has 3 rings (SSSR count). The van der Waals surface area contributed by atoms with E-state index in [1.807, 2.05) is 0 Å². The average Bonchev–Trinajstić information content (AvgIpc) is 2.91. The minimum atomic E-state index is -0.599. The summed E-state index contributed by atoms with van der Waals surface area (Å²) < 4.78 is 5.15. The molecule has 8 heteroatoms. The molecular weight excluding hydrogens is 359 g/mol. The molecule has 5 nitrogen and oxygen atoms in total. The molecule has 2 heterocycles. The highest BCUT2D eigenvalue weighted by atomic mass is 35.5. The molecule has 116 valence electrons. The van der Waals surface area contributed by atoms with Crippen LogP contribution in [0, 0.1) is 0 Å². The van der Waals surface area contributed by atoms with Crippen molar-refractivity contribution in [1.82, 2.24) is 5.32 Å². The largest absolute Gasteiger partial charge is 0.445 e. The maximum absolute atomic E-state index is 12.6. The van der Waals surface area contributed by atoms with Crippen LogP contribution in [-0.4, -0.2) is 16.9 Å². The van der Waals surface area contributed by atoms with Gasteiger partial charge in [-0.3, -0.25) is 19.8 Å². The van der Waals surface area contributed by atoms with Gasteiger partial charge in [-0.25, -0.2) is 0 Å². The van der Waals surface area contributed by atoms with Gasteiger partial charge in [-0.2, -0.15) is 0 Å². The molecule has 1 saturated heterocycles. The second kappa shape index (κ2) is 6.16. The van der Waals surface area contributed by atoms with E-state index in [0.717, 1.165) is 0 Å². The van der Waals surface area contributed by atoms with Crippen molar-refractivity contribution in [2.45, 2.75) is 0 Å². The maximum Gasteiger partial charge on any atom is 0.270 e.